The van der Waals surface area contributed by atoms with E-state index in [9.17, 15) is 25.2 Å². The van der Waals surface area contributed by atoms with E-state index in [1.807, 2.05) is 0 Å². The minimum Gasteiger partial charge on any atom is -0.504 e. The first-order chi connectivity index (χ1) is 13.9. The highest BCUT2D eigenvalue weighted by molar-refractivity contribution is 5.93. The van der Waals surface area contributed by atoms with Crippen molar-refractivity contribution < 1.29 is 30.1 Å². The smallest absolute Gasteiger partial charge is 0.357 e. The Labute approximate surface area is 173 Å². The van der Waals surface area contributed by atoms with Crippen molar-refractivity contribution in [2.45, 2.75) is 90.6 Å². The molecule has 0 bridgehead atoms. The van der Waals surface area contributed by atoms with Gasteiger partial charge in [-0.2, -0.15) is 5.48 Å². The highest BCUT2D eigenvalue weighted by atomic mass is 16.7. The lowest BCUT2D eigenvalue weighted by atomic mass is 9.98. The maximum Gasteiger partial charge on any atom is 0.357 e. The number of hydrogen-bond donors (Lipinski definition) is 5. The minimum atomic E-state index is -1.17. The van der Waals surface area contributed by atoms with E-state index in [1.54, 1.807) is 6.92 Å². The Balaban J connectivity index is 2.34. The Kier molecular flexibility index (Phi) is 12.1. The fourth-order valence-corrected chi connectivity index (χ4v) is 3.23. The largest absolute Gasteiger partial charge is 0.504 e. The first-order valence-electron chi connectivity index (χ1n) is 10.8. The molecule has 1 rings (SSSR count). The molecular formula is C22H37NO6. The zero-order valence-electron chi connectivity index (χ0n) is 17.7. The Morgan fingerprint density at radius 1 is 0.931 bits per heavy atom. The number of benzene rings is 1. The van der Waals surface area contributed by atoms with E-state index in [1.165, 1.54) is 44.9 Å². The van der Waals surface area contributed by atoms with E-state index in [2.05, 4.69) is 12.4 Å². The normalized spacial score (nSPS) is 12.1. The van der Waals surface area contributed by atoms with Crippen LogP contribution in [0.4, 0.5) is 0 Å². The number of rotatable bonds is 15. The van der Waals surface area contributed by atoms with Crippen LogP contribution in [0, 0.1) is 0 Å². The molecule has 1 aromatic carbocycles. The Morgan fingerprint density at radius 2 is 1.48 bits per heavy atom. The first kappa shape index (κ1) is 25.0. The number of hydroxylamine groups is 1. The summed E-state index contributed by atoms with van der Waals surface area (Å²) in [5, 5.41) is 39.3. The highest BCUT2D eigenvalue weighted by Crippen LogP contribution is 2.43. The van der Waals surface area contributed by atoms with Gasteiger partial charge in [-0.15, -0.1) is 0 Å². The molecule has 0 saturated heterocycles. The maximum atomic E-state index is 12.3. The van der Waals surface area contributed by atoms with Crippen LogP contribution in [-0.4, -0.2) is 32.9 Å². The molecule has 0 heterocycles. The topological polar surface area (TPSA) is 119 Å². The number of aliphatic hydroxyl groups excluding tert-OH is 1. The molecule has 0 spiro atoms. The van der Waals surface area contributed by atoms with Gasteiger partial charge in [0.2, 0.25) is 5.75 Å². The van der Waals surface area contributed by atoms with Crippen LogP contribution < -0.4 is 5.48 Å². The molecule has 29 heavy (non-hydrogen) atoms. The van der Waals surface area contributed by atoms with Gasteiger partial charge in [0.05, 0.1) is 11.7 Å². The van der Waals surface area contributed by atoms with Gasteiger partial charge >= 0.3 is 5.97 Å². The van der Waals surface area contributed by atoms with Gasteiger partial charge in [-0.3, -0.25) is 0 Å². The fourth-order valence-electron chi connectivity index (χ4n) is 3.23. The molecular weight excluding hydrogens is 374 g/mol. The minimum absolute atomic E-state index is 0.159. The molecule has 5 N–H and O–H groups in total. The molecule has 1 atom stereocenters. The van der Waals surface area contributed by atoms with Crippen LogP contribution in [0.25, 0.3) is 0 Å². The quantitative estimate of drug-likeness (QED) is 0.159. The molecule has 7 nitrogen and oxygen atoms in total. The van der Waals surface area contributed by atoms with Crippen molar-refractivity contribution in [3.05, 3.63) is 17.2 Å². The summed E-state index contributed by atoms with van der Waals surface area (Å²) in [6, 6.07) is 0.980. The van der Waals surface area contributed by atoms with Gasteiger partial charge in [-0.05, 0) is 18.9 Å². The van der Waals surface area contributed by atoms with Crippen molar-refractivity contribution >= 4 is 5.97 Å². The number of phenols is 3. The Bertz CT molecular complexity index is 620. The third-order valence-corrected chi connectivity index (χ3v) is 5.03. The Morgan fingerprint density at radius 3 is 2.03 bits per heavy atom. The van der Waals surface area contributed by atoms with Gasteiger partial charge in [0.1, 0.15) is 0 Å². The lowest BCUT2D eigenvalue weighted by molar-refractivity contribution is 0.0243. The summed E-state index contributed by atoms with van der Waals surface area (Å²) in [7, 11) is 0. The van der Waals surface area contributed by atoms with Crippen LogP contribution in [-0.2, 0) is 4.84 Å². The van der Waals surface area contributed by atoms with Gasteiger partial charge in [0, 0.05) is 12.1 Å². The fraction of sp³-hybridized carbons (Fsp3) is 0.682. The molecule has 0 fully saturated rings. The van der Waals surface area contributed by atoms with Crippen molar-refractivity contribution in [1.82, 2.24) is 5.48 Å². The van der Waals surface area contributed by atoms with Crippen LogP contribution in [0.15, 0.2) is 6.07 Å². The van der Waals surface area contributed by atoms with Crippen molar-refractivity contribution in [2.75, 3.05) is 6.54 Å². The van der Waals surface area contributed by atoms with Gasteiger partial charge in [0.25, 0.3) is 0 Å². The molecule has 1 aromatic rings. The second-order valence-corrected chi connectivity index (χ2v) is 7.44. The number of aromatic hydroxyl groups is 3. The average molecular weight is 412 g/mol. The third-order valence-electron chi connectivity index (χ3n) is 5.03. The molecule has 7 heteroatoms. The number of carbonyl (C=O) groups is 1. The zero-order chi connectivity index (χ0) is 21.6. The van der Waals surface area contributed by atoms with Crippen LogP contribution in [0.1, 0.15) is 107 Å². The van der Waals surface area contributed by atoms with E-state index in [-0.39, 0.29) is 17.5 Å². The van der Waals surface area contributed by atoms with Gasteiger partial charge in [0.15, 0.2) is 11.5 Å². The van der Waals surface area contributed by atoms with Gasteiger partial charge in [-0.25, -0.2) is 4.79 Å². The monoisotopic (exact) mass is 411 g/mol. The highest BCUT2D eigenvalue weighted by Gasteiger charge is 2.26. The summed E-state index contributed by atoms with van der Waals surface area (Å²) in [4.78, 5) is 17.3. The predicted molar refractivity (Wildman–Crippen MR) is 112 cm³/mol. The predicted octanol–water partition coefficient (Wildman–Crippen LogP) is 4.83. The number of hydrogen-bond acceptors (Lipinski definition) is 7. The number of phenolic OH excluding ortho intramolecular Hbond substituents is 3. The molecule has 0 saturated carbocycles. The van der Waals surface area contributed by atoms with Crippen LogP contribution >= 0.6 is 0 Å². The molecule has 0 aliphatic rings. The van der Waals surface area contributed by atoms with Crippen molar-refractivity contribution in [3.8, 4) is 17.2 Å². The summed E-state index contributed by atoms with van der Waals surface area (Å²) < 4.78 is 0. The number of unbranched alkanes of at least 4 members (excludes halogenated alkanes) is 9. The molecule has 166 valence electrons. The van der Waals surface area contributed by atoms with Crippen LogP contribution in [0.3, 0.4) is 0 Å². The molecule has 0 aromatic heterocycles. The van der Waals surface area contributed by atoms with E-state index >= 15 is 0 Å². The first-order valence-corrected chi connectivity index (χ1v) is 10.8. The van der Waals surface area contributed by atoms with E-state index in [0.717, 1.165) is 25.3 Å². The number of nitrogens with one attached hydrogen (secondary N) is 1. The molecule has 0 radical (unpaired) electrons. The Hall–Kier alpha value is -1.99. The van der Waals surface area contributed by atoms with E-state index in [0.29, 0.717) is 6.54 Å². The zero-order valence-corrected chi connectivity index (χ0v) is 17.7. The van der Waals surface area contributed by atoms with Crippen molar-refractivity contribution in [2.24, 2.45) is 0 Å². The second kappa shape index (κ2) is 14.1. The number of aliphatic hydroxyl groups is 1. The molecule has 0 aliphatic carbocycles. The van der Waals surface area contributed by atoms with E-state index < -0.39 is 29.3 Å². The van der Waals surface area contributed by atoms with Crippen molar-refractivity contribution in [1.29, 1.82) is 0 Å². The average Bonchev–Trinajstić information content (AvgIpc) is 2.71. The second-order valence-electron chi connectivity index (χ2n) is 7.44. The van der Waals surface area contributed by atoms with Gasteiger partial charge in [-0.1, -0.05) is 71.6 Å². The maximum absolute atomic E-state index is 12.3. The summed E-state index contributed by atoms with van der Waals surface area (Å²) in [6.45, 7) is 4.37. The van der Waals surface area contributed by atoms with Gasteiger partial charge < -0.3 is 25.3 Å². The summed E-state index contributed by atoms with van der Waals surface area (Å²) in [5.74, 6) is -3.00. The van der Waals surface area contributed by atoms with Crippen LogP contribution in [0.2, 0.25) is 0 Å². The molecule has 0 amide bonds. The third kappa shape index (κ3) is 8.50. The number of carbonyl (C=O) groups excluding carboxylic acids is 1. The lowest BCUT2D eigenvalue weighted by Gasteiger charge is -2.17. The summed E-state index contributed by atoms with van der Waals surface area (Å²) in [6.07, 6.45) is 11.1. The molecule has 0 aliphatic heterocycles. The lowest BCUT2D eigenvalue weighted by Crippen LogP contribution is -2.22. The SMILES string of the molecule is CCCCCCCCCCCCNOC(=O)c1cc(O)c(O)c(O)c1C(O)CC. The molecule has 1 unspecified atom stereocenters. The summed E-state index contributed by atoms with van der Waals surface area (Å²) >= 11 is 0. The standard InChI is InChI=1S/C22H37NO6/c1-3-5-6-7-8-9-10-11-12-13-14-23-29-22(28)16-15-18(25)20(26)21(27)19(16)17(24)4-2/h15,17,23-27H,3-14H2,1-2H3. The summed E-state index contributed by atoms with van der Waals surface area (Å²) in [5.41, 5.74) is 2.24. The van der Waals surface area contributed by atoms with Crippen LogP contribution in [0.5, 0.6) is 17.2 Å². The van der Waals surface area contributed by atoms with Crippen molar-refractivity contribution in [3.63, 3.8) is 0 Å². The van der Waals surface area contributed by atoms with E-state index in [4.69, 9.17) is 4.84 Å².